The molecule has 0 atom stereocenters. The Morgan fingerprint density at radius 2 is 2.11 bits per heavy atom. The number of carbonyl (C=O) groups excluding carboxylic acids is 1. The van der Waals surface area contributed by atoms with Crippen molar-refractivity contribution in [2.24, 2.45) is 0 Å². The minimum atomic E-state index is -5.01. The monoisotopic (exact) mass is 377 g/mol. The van der Waals surface area contributed by atoms with Gasteiger partial charge in [-0.25, -0.2) is 0 Å². The topological polar surface area (TPSA) is 68.4 Å². The molecule has 1 N–H and O–H groups in total. The summed E-state index contributed by atoms with van der Waals surface area (Å²) < 4.78 is 44.6. The predicted molar refractivity (Wildman–Crippen MR) is 62.2 cm³/mol. The van der Waals surface area contributed by atoms with E-state index in [0.717, 1.165) is 13.2 Å². The fourth-order valence-corrected chi connectivity index (χ4v) is 1.74. The Kier molecular flexibility index (Phi) is 4.59. The lowest BCUT2D eigenvalue weighted by molar-refractivity contribution is -0.275. The van der Waals surface area contributed by atoms with Gasteiger partial charge in [-0.1, -0.05) is 0 Å². The van der Waals surface area contributed by atoms with E-state index in [1.54, 1.807) is 22.6 Å². The van der Waals surface area contributed by atoms with Crippen LogP contribution in [0.3, 0.4) is 0 Å². The maximum Gasteiger partial charge on any atom is 0.573 e. The van der Waals surface area contributed by atoms with Crippen LogP contribution in [-0.4, -0.2) is 24.4 Å². The standard InChI is InChI=1S/C9H7F3INO4/c1-17-7(16)2-4-8(18-9(10,11)12)5(15)3-6(13)14-4/h3H,2H2,1H3,(H,14,15). The third-order valence-corrected chi connectivity index (χ3v) is 2.37. The summed E-state index contributed by atoms with van der Waals surface area (Å²) >= 11 is 1.70. The number of carbonyl (C=O) groups is 1. The SMILES string of the molecule is COC(=O)Cc1[nH]c(I)cc(=O)c1OC(F)(F)F. The Labute approximate surface area is 112 Å². The molecule has 0 aromatic carbocycles. The molecule has 5 nitrogen and oxygen atoms in total. The first-order chi connectivity index (χ1) is 8.23. The number of alkyl halides is 3. The average molecular weight is 377 g/mol. The first kappa shape index (κ1) is 14.8. The van der Waals surface area contributed by atoms with Gasteiger partial charge < -0.3 is 14.5 Å². The maximum absolute atomic E-state index is 12.1. The van der Waals surface area contributed by atoms with E-state index in [-0.39, 0.29) is 9.39 Å². The van der Waals surface area contributed by atoms with Gasteiger partial charge in [-0.15, -0.1) is 13.2 Å². The molecule has 0 fully saturated rings. The largest absolute Gasteiger partial charge is 0.573 e. The number of H-pyrrole nitrogens is 1. The number of hydrogen-bond donors (Lipinski definition) is 1. The molecule has 1 rings (SSSR count). The van der Waals surface area contributed by atoms with E-state index in [4.69, 9.17) is 0 Å². The summed E-state index contributed by atoms with van der Waals surface area (Å²) in [6.07, 6.45) is -5.53. The van der Waals surface area contributed by atoms with Gasteiger partial charge in [0, 0.05) is 6.07 Å². The molecular formula is C9H7F3INO4. The van der Waals surface area contributed by atoms with Gasteiger partial charge in [0.15, 0.2) is 5.75 Å². The zero-order valence-corrected chi connectivity index (χ0v) is 11.1. The molecule has 18 heavy (non-hydrogen) atoms. The smallest absolute Gasteiger partial charge is 0.469 e. The van der Waals surface area contributed by atoms with Crippen molar-refractivity contribution in [2.75, 3.05) is 7.11 Å². The van der Waals surface area contributed by atoms with Crippen LogP contribution in [0.4, 0.5) is 13.2 Å². The summed E-state index contributed by atoms with van der Waals surface area (Å²) in [5.74, 6) is -1.74. The number of halogens is 4. The van der Waals surface area contributed by atoms with Gasteiger partial charge in [-0.05, 0) is 22.6 Å². The Morgan fingerprint density at radius 1 is 1.50 bits per heavy atom. The summed E-state index contributed by atoms with van der Waals surface area (Å²) in [5.41, 5.74) is -1.24. The summed E-state index contributed by atoms with van der Waals surface area (Å²) in [7, 11) is 1.08. The van der Waals surface area contributed by atoms with E-state index >= 15 is 0 Å². The van der Waals surface area contributed by atoms with Gasteiger partial charge >= 0.3 is 12.3 Å². The quantitative estimate of drug-likeness (QED) is 0.494. The third kappa shape index (κ3) is 4.20. The van der Waals surface area contributed by atoms with Crippen LogP contribution in [0.15, 0.2) is 10.9 Å². The van der Waals surface area contributed by atoms with Crippen LogP contribution in [0.5, 0.6) is 5.75 Å². The summed E-state index contributed by atoms with van der Waals surface area (Å²) in [4.78, 5) is 24.9. The second-order valence-electron chi connectivity index (χ2n) is 3.09. The van der Waals surface area contributed by atoms with Crippen LogP contribution < -0.4 is 10.2 Å². The van der Waals surface area contributed by atoms with Crippen LogP contribution >= 0.6 is 22.6 Å². The van der Waals surface area contributed by atoms with Crippen molar-refractivity contribution in [2.45, 2.75) is 12.8 Å². The Balaban J connectivity index is 3.21. The molecule has 0 radical (unpaired) electrons. The number of pyridine rings is 1. The molecule has 1 heterocycles. The van der Waals surface area contributed by atoms with Gasteiger partial charge in [0.25, 0.3) is 0 Å². The highest BCUT2D eigenvalue weighted by Crippen LogP contribution is 2.23. The van der Waals surface area contributed by atoms with Crippen molar-refractivity contribution in [1.82, 2.24) is 4.98 Å². The Morgan fingerprint density at radius 3 is 2.61 bits per heavy atom. The summed E-state index contributed by atoms with van der Waals surface area (Å²) in [6.45, 7) is 0. The Bertz CT molecular complexity index is 512. The molecule has 0 saturated heterocycles. The molecule has 0 spiro atoms. The molecule has 0 aliphatic heterocycles. The molecule has 0 aliphatic rings. The molecule has 9 heteroatoms. The van der Waals surface area contributed by atoms with Gasteiger partial charge in [0.2, 0.25) is 5.43 Å². The minimum Gasteiger partial charge on any atom is -0.469 e. The zero-order valence-electron chi connectivity index (χ0n) is 8.93. The molecule has 100 valence electrons. The second-order valence-corrected chi connectivity index (χ2v) is 4.25. The Hall–Kier alpha value is -1.26. The highest BCUT2D eigenvalue weighted by atomic mass is 127. The molecule has 1 aromatic heterocycles. The van der Waals surface area contributed by atoms with E-state index in [9.17, 15) is 22.8 Å². The number of aromatic nitrogens is 1. The number of nitrogens with one attached hydrogen (secondary N) is 1. The van der Waals surface area contributed by atoms with Crippen LogP contribution in [0.2, 0.25) is 0 Å². The molecule has 0 amide bonds. The fraction of sp³-hybridized carbons (Fsp3) is 0.333. The van der Waals surface area contributed by atoms with Crippen molar-refractivity contribution in [3.63, 3.8) is 0 Å². The predicted octanol–water partition coefficient (Wildman–Crippen LogP) is 1.59. The zero-order chi connectivity index (χ0) is 13.9. The number of aromatic amines is 1. The van der Waals surface area contributed by atoms with E-state index in [0.29, 0.717) is 0 Å². The van der Waals surface area contributed by atoms with Gasteiger partial charge in [0.05, 0.1) is 22.9 Å². The van der Waals surface area contributed by atoms with Crippen LogP contribution in [0.1, 0.15) is 5.69 Å². The molecule has 0 saturated carbocycles. The fourth-order valence-electron chi connectivity index (χ4n) is 1.13. The average Bonchev–Trinajstić information content (AvgIpc) is 2.21. The summed E-state index contributed by atoms with van der Waals surface area (Å²) in [5, 5.41) is 0. The lowest BCUT2D eigenvalue weighted by Crippen LogP contribution is -2.24. The van der Waals surface area contributed by atoms with Crippen molar-refractivity contribution in [1.29, 1.82) is 0 Å². The first-order valence-corrected chi connectivity index (χ1v) is 5.55. The van der Waals surface area contributed by atoms with Crippen molar-refractivity contribution in [3.05, 3.63) is 25.7 Å². The molecule has 0 unspecified atom stereocenters. The van der Waals surface area contributed by atoms with Crippen molar-refractivity contribution >= 4 is 28.6 Å². The van der Waals surface area contributed by atoms with Gasteiger partial charge in [0.1, 0.15) is 0 Å². The number of rotatable bonds is 3. The first-order valence-electron chi connectivity index (χ1n) is 4.47. The molecule has 1 aromatic rings. The van der Waals surface area contributed by atoms with E-state index in [1.807, 2.05) is 0 Å². The number of hydrogen-bond acceptors (Lipinski definition) is 4. The highest BCUT2D eigenvalue weighted by molar-refractivity contribution is 14.1. The van der Waals surface area contributed by atoms with Crippen LogP contribution in [0.25, 0.3) is 0 Å². The van der Waals surface area contributed by atoms with Gasteiger partial charge in [-0.2, -0.15) is 0 Å². The summed E-state index contributed by atoms with van der Waals surface area (Å²) in [6, 6.07) is 0.933. The molecule has 0 aliphatic carbocycles. The molecular weight excluding hydrogens is 370 g/mol. The van der Waals surface area contributed by atoms with Crippen LogP contribution in [0, 0.1) is 3.70 Å². The molecule has 0 bridgehead atoms. The minimum absolute atomic E-state index is 0.281. The van der Waals surface area contributed by atoms with Gasteiger partial charge in [-0.3, -0.25) is 9.59 Å². The lowest BCUT2D eigenvalue weighted by atomic mass is 10.2. The number of methoxy groups -OCH3 is 1. The number of esters is 1. The normalized spacial score (nSPS) is 11.2. The third-order valence-electron chi connectivity index (χ3n) is 1.79. The number of ether oxygens (including phenoxy) is 2. The second kappa shape index (κ2) is 5.59. The van der Waals surface area contributed by atoms with E-state index in [2.05, 4.69) is 14.5 Å². The van der Waals surface area contributed by atoms with Crippen LogP contribution in [-0.2, 0) is 16.0 Å². The van der Waals surface area contributed by atoms with E-state index < -0.39 is 29.9 Å². The highest BCUT2D eigenvalue weighted by Gasteiger charge is 2.34. The van der Waals surface area contributed by atoms with E-state index in [1.165, 1.54) is 0 Å². The van der Waals surface area contributed by atoms with Crippen molar-refractivity contribution < 1.29 is 27.4 Å². The maximum atomic E-state index is 12.1. The van der Waals surface area contributed by atoms with Crippen molar-refractivity contribution in [3.8, 4) is 5.75 Å². The lowest BCUT2D eigenvalue weighted by Gasteiger charge is -2.12.